The second-order valence-electron chi connectivity index (χ2n) is 7.01. The number of anilines is 1. The minimum absolute atomic E-state index is 0.0990. The highest BCUT2D eigenvalue weighted by atomic mass is 16.2. The van der Waals surface area contributed by atoms with Crippen LogP contribution in [0.25, 0.3) is 0 Å². The quantitative estimate of drug-likeness (QED) is 0.797. The Balaban J connectivity index is 1.70. The van der Waals surface area contributed by atoms with Crippen LogP contribution in [0.2, 0.25) is 0 Å². The van der Waals surface area contributed by atoms with Crippen molar-refractivity contribution in [3.63, 3.8) is 0 Å². The van der Waals surface area contributed by atoms with Crippen LogP contribution in [0, 0.1) is 0 Å². The first-order valence-electron chi connectivity index (χ1n) is 8.53. The van der Waals surface area contributed by atoms with Crippen molar-refractivity contribution in [1.29, 1.82) is 0 Å². The van der Waals surface area contributed by atoms with Crippen LogP contribution >= 0.6 is 0 Å². The molecule has 0 N–H and O–H groups in total. The van der Waals surface area contributed by atoms with Crippen molar-refractivity contribution in [3.8, 4) is 0 Å². The van der Waals surface area contributed by atoms with E-state index < -0.39 is 0 Å². The fourth-order valence-electron chi connectivity index (χ4n) is 3.49. The number of fused-ring (bicyclic) bond motifs is 1. The fraction of sp³-hybridized carbons (Fsp3) is 0.381. The van der Waals surface area contributed by atoms with Gasteiger partial charge in [-0.2, -0.15) is 0 Å². The lowest BCUT2D eigenvalue weighted by Crippen LogP contribution is -2.51. The van der Waals surface area contributed by atoms with Crippen LogP contribution in [0.15, 0.2) is 54.6 Å². The first-order valence-corrected chi connectivity index (χ1v) is 8.53. The normalized spacial score (nSPS) is 16.0. The molecular formula is C21H25NO. The minimum atomic E-state index is -0.0990. The highest BCUT2D eigenvalue weighted by Crippen LogP contribution is 2.37. The zero-order valence-electron chi connectivity index (χ0n) is 14.1. The summed E-state index contributed by atoms with van der Waals surface area (Å²) in [7, 11) is 0. The summed E-state index contributed by atoms with van der Waals surface area (Å²) in [6.07, 6.45) is 4.54. The number of para-hydroxylation sites is 1. The van der Waals surface area contributed by atoms with E-state index in [1.807, 2.05) is 17.0 Å². The highest BCUT2D eigenvalue weighted by molar-refractivity contribution is 5.96. The maximum atomic E-state index is 12.9. The number of aryl methyl sites for hydroxylation is 2. The molecule has 0 saturated heterocycles. The molecule has 0 aliphatic carbocycles. The topological polar surface area (TPSA) is 20.3 Å². The van der Waals surface area contributed by atoms with Gasteiger partial charge in [-0.05, 0) is 56.7 Å². The highest BCUT2D eigenvalue weighted by Gasteiger charge is 2.36. The number of carbonyl (C=O) groups is 1. The van der Waals surface area contributed by atoms with Crippen LogP contribution in [-0.2, 0) is 17.6 Å². The van der Waals surface area contributed by atoms with Gasteiger partial charge >= 0.3 is 0 Å². The molecule has 0 aromatic heterocycles. The molecule has 1 aliphatic heterocycles. The Morgan fingerprint density at radius 1 is 1.04 bits per heavy atom. The van der Waals surface area contributed by atoms with Crippen LogP contribution in [0.3, 0.4) is 0 Å². The number of carbonyl (C=O) groups excluding carboxylic acids is 1. The van der Waals surface area contributed by atoms with Crippen molar-refractivity contribution < 1.29 is 4.79 Å². The summed E-state index contributed by atoms with van der Waals surface area (Å²) in [5.41, 5.74) is 3.60. The first kappa shape index (κ1) is 15.8. The van der Waals surface area contributed by atoms with E-state index in [4.69, 9.17) is 0 Å². The van der Waals surface area contributed by atoms with E-state index >= 15 is 0 Å². The standard InChI is InChI=1S/C21H25NO/c1-21(2)16-15-18-12-6-7-13-19(18)22(21)20(23)14-8-11-17-9-4-3-5-10-17/h3-7,9-10,12-13H,8,11,14-16H2,1-2H3. The van der Waals surface area contributed by atoms with Gasteiger partial charge in [-0.25, -0.2) is 0 Å². The molecule has 1 amide bonds. The number of amides is 1. The number of hydrogen-bond donors (Lipinski definition) is 0. The summed E-state index contributed by atoms with van der Waals surface area (Å²) in [4.78, 5) is 14.9. The number of hydrogen-bond acceptors (Lipinski definition) is 1. The Hall–Kier alpha value is -2.09. The third kappa shape index (κ3) is 3.47. The first-order chi connectivity index (χ1) is 11.1. The third-order valence-corrected chi connectivity index (χ3v) is 4.79. The molecule has 0 bridgehead atoms. The second-order valence-corrected chi connectivity index (χ2v) is 7.01. The Kier molecular flexibility index (Phi) is 4.51. The average molecular weight is 307 g/mol. The Morgan fingerprint density at radius 2 is 1.74 bits per heavy atom. The lowest BCUT2D eigenvalue weighted by molar-refractivity contribution is -0.119. The van der Waals surface area contributed by atoms with Crippen LogP contribution in [0.5, 0.6) is 0 Å². The van der Waals surface area contributed by atoms with E-state index in [-0.39, 0.29) is 11.4 Å². The van der Waals surface area contributed by atoms with Crippen LogP contribution in [-0.4, -0.2) is 11.4 Å². The summed E-state index contributed by atoms with van der Waals surface area (Å²) >= 11 is 0. The largest absolute Gasteiger partial charge is 0.307 e. The second kappa shape index (κ2) is 6.57. The van der Waals surface area contributed by atoms with Gasteiger partial charge in [0.1, 0.15) is 0 Å². The molecule has 0 spiro atoms. The predicted octanol–water partition coefficient (Wildman–Crippen LogP) is 4.77. The van der Waals surface area contributed by atoms with Gasteiger partial charge in [0.2, 0.25) is 5.91 Å². The SMILES string of the molecule is CC1(C)CCc2ccccc2N1C(=O)CCCc1ccccc1. The van der Waals surface area contributed by atoms with Gasteiger partial charge in [-0.15, -0.1) is 0 Å². The smallest absolute Gasteiger partial charge is 0.227 e. The van der Waals surface area contributed by atoms with Crippen LogP contribution in [0.1, 0.15) is 44.2 Å². The molecule has 3 rings (SSSR count). The van der Waals surface area contributed by atoms with Gasteiger partial charge in [0, 0.05) is 17.6 Å². The molecule has 23 heavy (non-hydrogen) atoms. The minimum Gasteiger partial charge on any atom is -0.307 e. The molecule has 0 saturated carbocycles. The van der Waals surface area contributed by atoms with Crippen molar-refractivity contribution in [1.82, 2.24) is 0 Å². The molecule has 0 fully saturated rings. The van der Waals surface area contributed by atoms with Crippen LogP contribution < -0.4 is 4.90 Å². The van der Waals surface area contributed by atoms with E-state index in [2.05, 4.69) is 56.3 Å². The van der Waals surface area contributed by atoms with Gasteiger partial charge in [-0.1, -0.05) is 48.5 Å². The van der Waals surface area contributed by atoms with Gasteiger partial charge in [0.25, 0.3) is 0 Å². The molecule has 0 unspecified atom stereocenters. The maximum Gasteiger partial charge on any atom is 0.227 e. The monoisotopic (exact) mass is 307 g/mol. The van der Waals surface area contributed by atoms with Gasteiger partial charge < -0.3 is 4.90 Å². The number of nitrogens with zero attached hydrogens (tertiary/aromatic N) is 1. The summed E-state index contributed by atoms with van der Waals surface area (Å²) in [6, 6.07) is 18.7. The lowest BCUT2D eigenvalue weighted by atomic mass is 9.86. The Bertz CT molecular complexity index is 675. The molecule has 1 aliphatic rings. The van der Waals surface area contributed by atoms with Crippen molar-refractivity contribution in [2.75, 3.05) is 4.90 Å². The van der Waals surface area contributed by atoms with Gasteiger partial charge in [0.15, 0.2) is 0 Å². The number of rotatable bonds is 4. The molecular weight excluding hydrogens is 282 g/mol. The average Bonchev–Trinajstić information content (AvgIpc) is 2.55. The maximum absolute atomic E-state index is 12.9. The van der Waals surface area contributed by atoms with E-state index in [9.17, 15) is 4.79 Å². The number of benzene rings is 2. The van der Waals surface area contributed by atoms with E-state index in [0.717, 1.165) is 31.4 Å². The Morgan fingerprint density at radius 3 is 2.52 bits per heavy atom. The van der Waals surface area contributed by atoms with E-state index in [1.165, 1.54) is 11.1 Å². The summed E-state index contributed by atoms with van der Waals surface area (Å²) in [6.45, 7) is 4.36. The van der Waals surface area contributed by atoms with Crippen LogP contribution in [0.4, 0.5) is 5.69 Å². The molecule has 2 aromatic rings. The van der Waals surface area contributed by atoms with E-state index in [0.29, 0.717) is 6.42 Å². The lowest BCUT2D eigenvalue weighted by Gasteiger charge is -2.43. The molecule has 2 heteroatoms. The Labute approximate surface area is 139 Å². The van der Waals surface area contributed by atoms with Crippen molar-refractivity contribution in [2.45, 2.75) is 51.5 Å². The predicted molar refractivity (Wildman–Crippen MR) is 95.7 cm³/mol. The molecule has 1 heterocycles. The summed E-state index contributed by atoms with van der Waals surface area (Å²) < 4.78 is 0. The van der Waals surface area contributed by atoms with Crippen molar-refractivity contribution in [2.24, 2.45) is 0 Å². The van der Waals surface area contributed by atoms with Gasteiger partial charge in [-0.3, -0.25) is 4.79 Å². The summed E-state index contributed by atoms with van der Waals surface area (Å²) in [5, 5.41) is 0. The molecule has 0 radical (unpaired) electrons. The summed E-state index contributed by atoms with van der Waals surface area (Å²) in [5.74, 6) is 0.248. The van der Waals surface area contributed by atoms with Gasteiger partial charge in [0.05, 0.1) is 0 Å². The molecule has 0 atom stereocenters. The molecule has 120 valence electrons. The molecule has 2 aromatic carbocycles. The molecule has 2 nitrogen and oxygen atoms in total. The fourth-order valence-corrected chi connectivity index (χ4v) is 3.49. The van der Waals surface area contributed by atoms with Crippen molar-refractivity contribution >= 4 is 11.6 Å². The third-order valence-electron chi connectivity index (χ3n) is 4.79. The zero-order chi connectivity index (χ0) is 16.3. The van der Waals surface area contributed by atoms with Crippen molar-refractivity contribution in [3.05, 3.63) is 65.7 Å². The zero-order valence-corrected chi connectivity index (χ0v) is 14.1. The van der Waals surface area contributed by atoms with E-state index in [1.54, 1.807) is 0 Å².